The van der Waals surface area contributed by atoms with Gasteiger partial charge in [-0.1, -0.05) is 24.3 Å². The lowest BCUT2D eigenvalue weighted by Crippen LogP contribution is -2.14. The standard InChI is InChI=1S/C17H16FNO2/c1-12(20)15-4-2-3-5-16(15)19-17(21)11-8-13-6-9-14(18)10-7-13/h2-7,9-10H,8,11H2,1H3,(H,19,21). The molecule has 2 rings (SSSR count). The third-order valence-electron chi connectivity index (χ3n) is 3.13. The van der Waals surface area contributed by atoms with Crippen LogP contribution in [-0.2, 0) is 11.2 Å². The molecule has 0 bridgehead atoms. The Labute approximate surface area is 122 Å². The van der Waals surface area contributed by atoms with Crippen molar-refractivity contribution in [2.75, 3.05) is 5.32 Å². The number of carbonyl (C=O) groups excluding carboxylic acids is 2. The van der Waals surface area contributed by atoms with Crippen molar-refractivity contribution in [2.24, 2.45) is 0 Å². The van der Waals surface area contributed by atoms with Crippen LogP contribution in [0.15, 0.2) is 48.5 Å². The molecule has 0 heterocycles. The van der Waals surface area contributed by atoms with Crippen molar-refractivity contribution in [2.45, 2.75) is 19.8 Å². The van der Waals surface area contributed by atoms with Gasteiger partial charge in [-0.05, 0) is 43.2 Å². The SMILES string of the molecule is CC(=O)c1ccccc1NC(=O)CCc1ccc(F)cc1. The number of Topliss-reactive ketones (excluding diaryl/α,β-unsaturated/α-hetero) is 1. The second-order valence-electron chi connectivity index (χ2n) is 4.78. The molecule has 0 fully saturated rings. The summed E-state index contributed by atoms with van der Waals surface area (Å²) in [6.07, 6.45) is 0.798. The Hall–Kier alpha value is -2.49. The summed E-state index contributed by atoms with van der Waals surface area (Å²) in [7, 11) is 0. The number of hydrogen-bond acceptors (Lipinski definition) is 2. The molecule has 0 aliphatic carbocycles. The molecule has 0 aliphatic rings. The van der Waals surface area contributed by atoms with Gasteiger partial charge in [0.2, 0.25) is 5.91 Å². The van der Waals surface area contributed by atoms with Gasteiger partial charge < -0.3 is 5.32 Å². The van der Waals surface area contributed by atoms with Crippen molar-refractivity contribution in [1.29, 1.82) is 0 Å². The second kappa shape index (κ2) is 6.79. The van der Waals surface area contributed by atoms with Gasteiger partial charge in [-0.15, -0.1) is 0 Å². The molecule has 1 N–H and O–H groups in total. The molecule has 0 aliphatic heterocycles. The molecule has 0 radical (unpaired) electrons. The molecule has 0 aromatic heterocycles. The monoisotopic (exact) mass is 285 g/mol. The van der Waals surface area contributed by atoms with Crippen LogP contribution in [0.1, 0.15) is 29.3 Å². The van der Waals surface area contributed by atoms with E-state index in [0.717, 1.165) is 5.56 Å². The summed E-state index contributed by atoms with van der Waals surface area (Å²) < 4.78 is 12.8. The highest BCUT2D eigenvalue weighted by Gasteiger charge is 2.09. The van der Waals surface area contributed by atoms with Crippen LogP contribution < -0.4 is 5.32 Å². The highest BCUT2D eigenvalue weighted by molar-refractivity contribution is 6.03. The minimum Gasteiger partial charge on any atom is -0.325 e. The fourth-order valence-electron chi connectivity index (χ4n) is 2.02. The van der Waals surface area contributed by atoms with Gasteiger partial charge in [-0.25, -0.2) is 4.39 Å². The number of rotatable bonds is 5. The molecule has 1 amide bonds. The molecule has 0 saturated heterocycles. The molecule has 2 aromatic carbocycles. The number of aryl methyl sites for hydroxylation is 1. The van der Waals surface area contributed by atoms with Gasteiger partial charge >= 0.3 is 0 Å². The quantitative estimate of drug-likeness (QED) is 0.853. The zero-order valence-electron chi connectivity index (χ0n) is 11.7. The van der Waals surface area contributed by atoms with Gasteiger partial charge in [-0.2, -0.15) is 0 Å². The zero-order valence-corrected chi connectivity index (χ0v) is 11.7. The van der Waals surface area contributed by atoms with E-state index in [1.807, 2.05) is 0 Å². The smallest absolute Gasteiger partial charge is 0.224 e. The van der Waals surface area contributed by atoms with E-state index in [1.54, 1.807) is 36.4 Å². The average molecular weight is 285 g/mol. The molecular formula is C17H16FNO2. The number of anilines is 1. The van der Waals surface area contributed by atoms with Crippen LogP contribution in [0, 0.1) is 5.82 Å². The lowest BCUT2D eigenvalue weighted by molar-refractivity contribution is -0.116. The third-order valence-corrected chi connectivity index (χ3v) is 3.13. The van der Waals surface area contributed by atoms with Gasteiger partial charge in [0, 0.05) is 12.0 Å². The van der Waals surface area contributed by atoms with E-state index in [-0.39, 0.29) is 23.9 Å². The van der Waals surface area contributed by atoms with Crippen molar-refractivity contribution >= 4 is 17.4 Å². The number of amides is 1. The van der Waals surface area contributed by atoms with E-state index in [4.69, 9.17) is 0 Å². The van der Waals surface area contributed by atoms with Crippen LogP contribution >= 0.6 is 0 Å². The highest BCUT2D eigenvalue weighted by Crippen LogP contribution is 2.16. The first-order chi connectivity index (χ1) is 10.1. The maximum atomic E-state index is 12.8. The predicted molar refractivity (Wildman–Crippen MR) is 79.8 cm³/mol. The number of para-hydroxylation sites is 1. The van der Waals surface area contributed by atoms with E-state index in [0.29, 0.717) is 17.7 Å². The summed E-state index contributed by atoms with van der Waals surface area (Å²) in [6.45, 7) is 1.46. The Morgan fingerprint density at radius 3 is 2.38 bits per heavy atom. The Morgan fingerprint density at radius 2 is 1.71 bits per heavy atom. The summed E-state index contributed by atoms with van der Waals surface area (Å²) >= 11 is 0. The van der Waals surface area contributed by atoms with Gasteiger partial charge in [-0.3, -0.25) is 9.59 Å². The summed E-state index contributed by atoms with van der Waals surface area (Å²) in [6, 6.07) is 13.0. The van der Waals surface area contributed by atoms with Gasteiger partial charge in [0.1, 0.15) is 5.82 Å². The lowest BCUT2D eigenvalue weighted by atomic mass is 10.1. The third kappa shape index (κ3) is 4.24. The summed E-state index contributed by atoms with van der Waals surface area (Å²) in [5.41, 5.74) is 1.91. The fourth-order valence-corrected chi connectivity index (χ4v) is 2.02. The van der Waals surface area contributed by atoms with E-state index in [1.165, 1.54) is 19.1 Å². The Kier molecular flexibility index (Phi) is 4.82. The van der Waals surface area contributed by atoms with Crippen LogP contribution in [0.3, 0.4) is 0 Å². The minimum atomic E-state index is -0.293. The predicted octanol–water partition coefficient (Wildman–Crippen LogP) is 3.60. The summed E-state index contributed by atoms with van der Waals surface area (Å²) in [4.78, 5) is 23.4. The first-order valence-corrected chi connectivity index (χ1v) is 6.70. The topological polar surface area (TPSA) is 46.2 Å². The summed E-state index contributed by atoms with van der Waals surface area (Å²) in [5, 5.41) is 2.74. The van der Waals surface area contributed by atoms with Crippen molar-refractivity contribution in [3.8, 4) is 0 Å². The average Bonchev–Trinajstić information content (AvgIpc) is 2.47. The van der Waals surface area contributed by atoms with Gasteiger partial charge in [0.25, 0.3) is 0 Å². The van der Waals surface area contributed by atoms with Crippen molar-refractivity contribution in [1.82, 2.24) is 0 Å². The van der Waals surface area contributed by atoms with Gasteiger partial charge in [0.15, 0.2) is 5.78 Å². The van der Waals surface area contributed by atoms with Crippen LogP contribution in [0.25, 0.3) is 0 Å². The van der Waals surface area contributed by atoms with Crippen molar-refractivity contribution in [3.05, 3.63) is 65.5 Å². The van der Waals surface area contributed by atoms with E-state index >= 15 is 0 Å². The number of benzene rings is 2. The van der Waals surface area contributed by atoms with Crippen LogP contribution in [-0.4, -0.2) is 11.7 Å². The second-order valence-corrected chi connectivity index (χ2v) is 4.78. The first kappa shape index (κ1) is 14.9. The Bertz CT molecular complexity index is 650. The minimum absolute atomic E-state index is 0.0931. The molecule has 0 unspecified atom stereocenters. The Balaban J connectivity index is 1.96. The molecule has 0 atom stereocenters. The molecule has 0 spiro atoms. The molecule has 3 nitrogen and oxygen atoms in total. The maximum absolute atomic E-state index is 12.8. The molecule has 0 saturated carbocycles. The summed E-state index contributed by atoms with van der Waals surface area (Å²) in [5.74, 6) is -0.559. The van der Waals surface area contributed by atoms with Crippen molar-refractivity contribution < 1.29 is 14.0 Å². The van der Waals surface area contributed by atoms with E-state index in [2.05, 4.69) is 5.32 Å². The molecular weight excluding hydrogens is 269 g/mol. The normalized spacial score (nSPS) is 10.2. The van der Waals surface area contributed by atoms with Gasteiger partial charge in [0.05, 0.1) is 5.69 Å². The van der Waals surface area contributed by atoms with Crippen LogP contribution in [0.5, 0.6) is 0 Å². The lowest BCUT2D eigenvalue weighted by Gasteiger charge is -2.09. The molecule has 4 heteroatoms. The largest absolute Gasteiger partial charge is 0.325 e. The number of ketones is 1. The first-order valence-electron chi connectivity index (χ1n) is 6.70. The fraction of sp³-hybridized carbons (Fsp3) is 0.176. The number of nitrogens with one attached hydrogen (secondary N) is 1. The number of hydrogen-bond donors (Lipinski definition) is 1. The zero-order chi connectivity index (χ0) is 15.2. The molecule has 2 aromatic rings. The molecule has 21 heavy (non-hydrogen) atoms. The maximum Gasteiger partial charge on any atom is 0.224 e. The van der Waals surface area contributed by atoms with Crippen LogP contribution in [0.2, 0.25) is 0 Å². The number of halogens is 1. The highest BCUT2D eigenvalue weighted by atomic mass is 19.1. The Morgan fingerprint density at radius 1 is 1.05 bits per heavy atom. The number of carbonyl (C=O) groups is 2. The molecule has 108 valence electrons. The van der Waals surface area contributed by atoms with Crippen LogP contribution in [0.4, 0.5) is 10.1 Å². The van der Waals surface area contributed by atoms with E-state index in [9.17, 15) is 14.0 Å². The van der Waals surface area contributed by atoms with E-state index < -0.39 is 0 Å². The van der Waals surface area contributed by atoms with Crippen molar-refractivity contribution in [3.63, 3.8) is 0 Å².